The van der Waals surface area contributed by atoms with Crippen molar-refractivity contribution >= 4 is 12.3 Å². The maximum Gasteiger partial charge on any atom is 0.233 e. The first-order valence-corrected chi connectivity index (χ1v) is 7.28. The highest BCUT2D eigenvalue weighted by atomic mass is 14.9. The second-order valence-electron chi connectivity index (χ2n) is 4.89. The summed E-state index contributed by atoms with van der Waals surface area (Å²) < 4.78 is 1.83. The molecule has 0 spiro atoms. The molecule has 23 heavy (non-hydrogen) atoms. The second-order valence-corrected chi connectivity index (χ2v) is 4.89. The van der Waals surface area contributed by atoms with Crippen LogP contribution in [0.1, 0.15) is 18.1 Å². The highest BCUT2D eigenvalue weighted by Gasteiger charge is 2.05. The van der Waals surface area contributed by atoms with Gasteiger partial charge >= 0.3 is 0 Å². The van der Waals surface area contributed by atoms with Crippen LogP contribution in [0.4, 0.5) is 0 Å². The van der Waals surface area contributed by atoms with E-state index in [1.807, 2.05) is 60.3 Å². The highest BCUT2D eigenvalue weighted by Crippen LogP contribution is 2.22. The van der Waals surface area contributed by atoms with Gasteiger partial charge in [-0.15, -0.1) is 0 Å². The number of aliphatic imine (C=N–C) groups is 1. The molecule has 1 aromatic carbocycles. The van der Waals surface area contributed by atoms with Crippen molar-refractivity contribution < 1.29 is 4.57 Å². The SMILES string of the molecule is C/C=C\c1ccc(-c2cc[n+](CC#N)cc2)cc1/C=N/CC#N. The first-order chi connectivity index (χ1) is 11.3. The minimum Gasteiger partial charge on any atom is -0.277 e. The van der Waals surface area contributed by atoms with Crippen LogP contribution in [0.15, 0.2) is 53.8 Å². The van der Waals surface area contributed by atoms with Crippen molar-refractivity contribution in [2.45, 2.75) is 13.5 Å². The van der Waals surface area contributed by atoms with Crippen LogP contribution in [-0.2, 0) is 6.54 Å². The Morgan fingerprint density at radius 3 is 2.48 bits per heavy atom. The minimum atomic E-state index is 0.152. The van der Waals surface area contributed by atoms with Gasteiger partial charge < -0.3 is 0 Å². The number of allylic oxidation sites excluding steroid dienone is 1. The predicted molar refractivity (Wildman–Crippen MR) is 90.5 cm³/mol. The van der Waals surface area contributed by atoms with E-state index >= 15 is 0 Å². The van der Waals surface area contributed by atoms with E-state index in [9.17, 15) is 0 Å². The van der Waals surface area contributed by atoms with Gasteiger partial charge in [-0.1, -0.05) is 24.3 Å². The summed E-state index contributed by atoms with van der Waals surface area (Å²) in [5.41, 5.74) is 4.18. The van der Waals surface area contributed by atoms with E-state index < -0.39 is 0 Å². The standard InChI is InChI=1S/C19H17N4/c1-2-3-16-4-5-18(14-19(16)15-22-10-8-20)17-6-11-23(12-7-17)13-9-21/h2-7,11-12,14-15H,10,13H2,1H3/q+1/b3-2-,22-15+. The van der Waals surface area contributed by atoms with Gasteiger partial charge in [0, 0.05) is 23.9 Å². The molecule has 112 valence electrons. The fourth-order valence-electron chi connectivity index (χ4n) is 2.22. The molecule has 0 radical (unpaired) electrons. The molecule has 0 aliphatic rings. The van der Waals surface area contributed by atoms with E-state index in [2.05, 4.69) is 23.2 Å². The van der Waals surface area contributed by atoms with E-state index in [1.54, 1.807) is 6.21 Å². The molecule has 0 bridgehead atoms. The summed E-state index contributed by atoms with van der Waals surface area (Å²) in [6.07, 6.45) is 9.51. The Bertz CT molecular complexity index is 803. The third-order valence-electron chi connectivity index (χ3n) is 3.30. The second kappa shape index (κ2) is 8.26. The first kappa shape index (κ1) is 16.1. The zero-order chi connectivity index (χ0) is 16.5. The number of nitriles is 2. The summed E-state index contributed by atoms with van der Waals surface area (Å²) in [7, 11) is 0. The van der Waals surface area contributed by atoms with E-state index in [-0.39, 0.29) is 6.54 Å². The average Bonchev–Trinajstić information content (AvgIpc) is 2.58. The van der Waals surface area contributed by atoms with Gasteiger partial charge in [0.15, 0.2) is 12.4 Å². The molecular formula is C19H17N4+. The molecule has 0 fully saturated rings. The minimum absolute atomic E-state index is 0.152. The lowest BCUT2D eigenvalue weighted by Gasteiger charge is -2.06. The average molecular weight is 301 g/mol. The monoisotopic (exact) mass is 301 g/mol. The number of hydrogen-bond donors (Lipinski definition) is 0. The Kier molecular flexibility index (Phi) is 5.80. The van der Waals surface area contributed by atoms with Crippen LogP contribution >= 0.6 is 0 Å². The van der Waals surface area contributed by atoms with Crippen LogP contribution in [0.5, 0.6) is 0 Å². The number of hydrogen-bond acceptors (Lipinski definition) is 3. The van der Waals surface area contributed by atoms with E-state index in [4.69, 9.17) is 10.5 Å². The highest BCUT2D eigenvalue weighted by molar-refractivity contribution is 5.88. The quantitative estimate of drug-likeness (QED) is 0.484. The van der Waals surface area contributed by atoms with Crippen LogP contribution in [0.3, 0.4) is 0 Å². The van der Waals surface area contributed by atoms with Crippen molar-refractivity contribution in [3.63, 3.8) is 0 Å². The zero-order valence-corrected chi connectivity index (χ0v) is 13.0. The Labute approximate surface area is 136 Å². The lowest BCUT2D eigenvalue weighted by atomic mass is 10.00. The van der Waals surface area contributed by atoms with Crippen LogP contribution in [0.2, 0.25) is 0 Å². The lowest BCUT2D eigenvalue weighted by Crippen LogP contribution is -2.31. The Morgan fingerprint density at radius 1 is 1.04 bits per heavy atom. The molecule has 1 aromatic heterocycles. The van der Waals surface area contributed by atoms with Crippen LogP contribution in [0, 0.1) is 22.7 Å². The Morgan fingerprint density at radius 2 is 1.83 bits per heavy atom. The fraction of sp³-hybridized carbons (Fsp3) is 0.158. The van der Waals surface area contributed by atoms with Gasteiger partial charge in [-0.25, -0.2) is 0 Å². The molecule has 0 saturated heterocycles. The van der Waals surface area contributed by atoms with E-state index in [0.29, 0.717) is 6.54 Å². The molecule has 0 saturated carbocycles. The largest absolute Gasteiger partial charge is 0.277 e. The van der Waals surface area contributed by atoms with Crippen molar-refractivity contribution in [3.8, 4) is 23.3 Å². The summed E-state index contributed by atoms with van der Waals surface area (Å²) in [4.78, 5) is 4.12. The molecule has 2 aromatic rings. The number of nitrogens with zero attached hydrogens (tertiary/aromatic N) is 4. The van der Waals surface area contributed by atoms with Crippen molar-refractivity contribution in [3.05, 3.63) is 59.9 Å². The molecule has 4 heteroatoms. The number of benzene rings is 1. The van der Waals surface area contributed by atoms with Crippen LogP contribution < -0.4 is 4.57 Å². The normalized spacial score (nSPS) is 10.7. The Balaban J connectivity index is 2.38. The molecule has 0 aliphatic carbocycles. The summed E-state index contributed by atoms with van der Waals surface area (Å²) >= 11 is 0. The molecule has 4 nitrogen and oxygen atoms in total. The maximum absolute atomic E-state index is 8.71. The van der Waals surface area contributed by atoms with Crippen molar-refractivity contribution in [2.24, 2.45) is 4.99 Å². The summed E-state index contributed by atoms with van der Waals surface area (Å²) in [6, 6.07) is 14.2. The predicted octanol–water partition coefficient (Wildman–Crippen LogP) is 3.14. The van der Waals surface area contributed by atoms with Crippen LogP contribution in [-0.4, -0.2) is 12.8 Å². The lowest BCUT2D eigenvalue weighted by molar-refractivity contribution is -0.685. The molecule has 0 aliphatic heterocycles. The maximum atomic E-state index is 8.71. The van der Waals surface area contributed by atoms with Gasteiger partial charge in [0.1, 0.15) is 12.6 Å². The Hall–Kier alpha value is -3.24. The summed E-state index contributed by atoms with van der Waals surface area (Å²) in [5.74, 6) is 0. The van der Waals surface area contributed by atoms with Crippen LogP contribution in [0.25, 0.3) is 17.2 Å². The van der Waals surface area contributed by atoms with Gasteiger partial charge in [0.2, 0.25) is 6.54 Å². The van der Waals surface area contributed by atoms with Gasteiger partial charge in [-0.3, -0.25) is 4.99 Å². The van der Waals surface area contributed by atoms with Crippen molar-refractivity contribution in [1.82, 2.24) is 0 Å². The molecule has 2 rings (SSSR count). The zero-order valence-electron chi connectivity index (χ0n) is 13.0. The van der Waals surface area contributed by atoms with Crippen molar-refractivity contribution in [1.29, 1.82) is 10.5 Å². The first-order valence-electron chi connectivity index (χ1n) is 7.28. The number of pyridine rings is 1. The molecule has 0 atom stereocenters. The molecule has 0 unspecified atom stereocenters. The summed E-state index contributed by atoms with van der Waals surface area (Å²) in [5, 5.41) is 17.3. The molecule has 0 N–H and O–H groups in total. The number of rotatable bonds is 5. The molecular weight excluding hydrogens is 284 g/mol. The topological polar surface area (TPSA) is 63.8 Å². The van der Waals surface area contributed by atoms with E-state index in [1.165, 1.54) is 0 Å². The number of aromatic nitrogens is 1. The van der Waals surface area contributed by atoms with E-state index in [0.717, 1.165) is 22.3 Å². The fourth-order valence-corrected chi connectivity index (χ4v) is 2.22. The van der Waals surface area contributed by atoms with Gasteiger partial charge in [0.25, 0.3) is 0 Å². The van der Waals surface area contributed by atoms with Crippen molar-refractivity contribution in [2.75, 3.05) is 6.54 Å². The molecule has 1 heterocycles. The smallest absolute Gasteiger partial charge is 0.233 e. The van der Waals surface area contributed by atoms with Gasteiger partial charge in [-0.05, 0) is 29.7 Å². The molecule has 0 amide bonds. The third-order valence-corrected chi connectivity index (χ3v) is 3.30. The third kappa shape index (κ3) is 4.36. The van der Waals surface area contributed by atoms with Gasteiger partial charge in [0.05, 0.1) is 6.07 Å². The van der Waals surface area contributed by atoms with Gasteiger partial charge in [-0.2, -0.15) is 15.1 Å². The summed E-state index contributed by atoms with van der Waals surface area (Å²) in [6.45, 7) is 2.46.